The second kappa shape index (κ2) is 34.4. The molecule has 0 bridgehead atoms. The topological polar surface area (TPSA) is 149 Å². The van der Waals surface area contributed by atoms with E-state index in [4.69, 9.17) is 9.47 Å². The van der Waals surface area contributed by atoms with Crippen molar-refractivity contribution in [3.63, 3.8) is 0 Å². The van der Waals surface area contributed by atoms with Crippen molar-refractivity contribution in [3.8, 4) is 0 Å². The van der Waals surface area contributed by atoms with Crippen LogP contribution in [0.3, 0.4) is 0 Å². The van der Waals surface area contributed by atoms with Gasteiger partial charge in [-0.25, -0.2) is 0 Å². The molecule has 9 nitrogen and oxygen atoms in total. The maximum atomic E-state index is 12.9. The lowest BCUT2D eigenvalue weighted by molar-refractivity contribution is -0.302. The first-order chi connectivity index (χ1) is 25.3. The number of carbonyl (C=O) groups is 1. The largest absolute Gasteiger partial charge is 0.394 e. The van der Waals surface area contributed by atoms with Gasteiger partial charge in [0.15, 0.2) is 6.29 Å². The normalized spacial score (nSPS) is 21.9. The van der Waals surface area contributed by atoms with Crippen LogP contribution in [0.4, 0.5) is 0 Å². The molecule has 0 aromatic rings. The van der Waals surface area contributed by atoms with Crippen molar-refractivity contribution in [2.75, 3.05) is 13.2 Å². The predicted octanol–water partition coefficient (Wildman–Crippen LogP) is 8.56. The Hall–Kier alpha value is -1.07. The first-order valence-electron chi connectivity index (χ1n) is 21.9. The Labute approximate surface area is 318 Å². The van der Waals surface area contributed by atoms with E-state index < -0.39 is 49.5 Å². The van der Waals surface area contributed by atoms with Crippen molar-refractivity contribution in [1.29, 1.82) is 0 Å². The fourth-order valence-electron chi connectivity index (χ4n) is 7.02. The standard InChI is InChI=1S/C43H83NO8/c1-3-5-7-9-11-13-15-16-17-18-19-20-21-23-24-26-28-30-32-37(46)36(35-51-43-42(50)41(49)40(48)38(34-45)52-43)44-39(47)33-31-29-27-25-22-14-12-10-8-6-4-2/h10,12,36-38,40-43,45-46,48-50H,3-9,11,13-35H2,1-2H3,(H,44,47)/b12-10-. The molecule has 9 heteroatoms. The van der Waals surface area contributed by atoms with Crippen LogP contribution < -0.4 is 5.32 Å². The molecule has 1 fully saturated rings. The maximum Gasteiger partial charge on any atom is 0.220 e. The highest BCUT2D eigenvalue weighted by Gasteiger charge is 2.44. The van der Waals surface area contributed by atoms with Crippen molar-refractivity contribution in [2.45, 2.75) is 243 Å². The number of allylic oxidation sites excluding steroid dienone is 2. The summed E-state index contributed by atoms with van der Waals surface area (Å²) in [5, 5.41) is 54.2. The molecule has 1 aliphatic heterocycles. The van der Waals surface area contributed by atoms with Gasteiger partial charge < -0.3 is 40.3 Å². The summed E-state index contributed by atoms with van der Waals surface area (Å²) in [6, 6.07) is -0.717. The molecular formula is C43H83NO8. The Bertz CT molecular complexity index is 827. The third kappa shape index (κ3) is 25.1. The number of rotatable bonds is 36. The molecule has 0 aromatic heterocycles. The molecule has 7 atom stereocenters. The minimum atomic E-state index is -1.55. The van der Waals surface area contributed by atoms with Gasteiger partial charge in [0.05, 0.1) is 25.4 Å². The monoisotopic (exact) mass is 742 g/mol. The molecule has 1 amide bonds. The van der Waals surface area contributed by atoms with Gasteiger partial charge in [0.25, 0.3) is 0 Å². The lowest BCUT2D eigenvalue weighted by Crippen LogP contribution is -2.60. The molecular weight excluding hydrogens is 658 g/mol. The van der Waals surface area contributed by atoms with Gasteiger partial charge >= 0.3 is 0 Å². The third-order valence-electron chi connectivity index (χ3n) is 10.6. The van der Waals surface area contributed by atoms with Crippen LogP contribution in [0.1, 0.15) is 200 Å². The Morgan fingerprint density at radius 2 is 1.10 bits per heavy atom. The molecule has 0 spiro atoms. The van der Waals surface area contributed by atoms with Gasteiger partial charge in [0.1, 0.15) is 24.4 Å². The fourth-order valence-corrected chi connectivity index (χ4v) is 7.02. The number of hydrogen-bond donors (Lipinski definition) is 6. The highest BCUT2D eigenvalue weighted by atomic mass is 16.7. The first-order valence-corrected chi connectivity index (χ1v) is 21.9. The smallest absolute Gasteiger partial charge is 0.220 e. The van der Waals surface area contributed by atoms with E-state index in [2.05, 4.69) is 31.3 Å². The van der Waals surface area contributed by atoms with Crippen LogP contribution in [0.2, 0.25) is 0 Å². The van der Waals surface area contributed by atoms with Gasteiger partial charge in [-0.05, 0) is 32.1 Å². The first kappa shape index (κ1) is 48.9. The molecule has 0 aliphatic carbocycles. The molecule has 6 N–H and O–H groups in total. The van der Waals surface area contributed by atoms with E-state index in [1.54, 1.807) is 0 Å². The van der Waals surface area contributed by atoms with Crippen LogP contribution in [0, 0.1) is 0 Å². The second-order valence-electron chi connectivity index (χ2n) is 15.5. The summed E-state index contributed by atoms with van der Waals surface area (Å²) >= 11 is 0. The van der Waals surface area contributed by atoms with Crippen LogP contribution in [0.5, 0.6) is 0 Å². The fraction of sp³-hybridized carbons (Fsp3) is 0.930. The third-order valence-corrected chi connectivity index (χ3v) is 10.6. The molecule has 1 heterocycles. The van der Waals surface area contributed by atoms with Crippen LogP contribution >= 0.6 is 0 Å². The van der Waals surface area contributed by atoms with E-state index in [0.717, 1.165) is 64.2 Å². The Morgan fingerprint density at radius 3 is 1.62 bits per heavy atom. The van der Waals surface area contributed by atoms with Gasteiger partial charge in [-0.3, -0.25) is 4.79 Å². The van der Waals surface area contributed by atoms with Crippen LogP contribution in [-0.2, 0) is 14.3 Å². The summed E-state index contributed by atoms with van der Waals surface area (Å²) < 4.78 is 11.2. The summed E-state index contributed by atoms with van der Waals surface area (Å²) in [6.07, 6.45) is 30.8. The lowest BCUT2D eigenvalue weighted by atomic mass is 9.99. The highest BCUT2D eigenvalue weighted by Crippen LogP contribution is 2.23. The second-order valence-corrected chi connectivity index (χ2v) is 15.5. The molecule has 308 valence electrons. The van der Waals surface area contributed by atoms with Gasteiger partial charge in [0, 0.05) is 6.42 Å². The zero-order chi connectivity index (χ0) is 38.1. The van der Waals surface area contributed by atoms with E-state index >= 15 is 0 Å². The molecule has 7 unspecified atom stereocenters. The van der Waals surface area contributed by atoms with Crippen LogP contribution in [0.25, 0.3) is 0 Å². The number of amides is 1. The van der Waals surface area contributed by atoms with Crippen molar-refractivity contribution in [2.24, 2.45) is 0 Å². The van der Waals surface area contributed by atoms with Crippen molar-refractivity contribution in [3.05, 3.63) is 12.2 Å². The van der Waals surface area contributed by atoms with E-state index in [9.17, 15) is 30.3 Å². The highest BCUT2D eigenvalue weighted by molar-refractivity contribution is 5.76. The van der Waals surface area contributed by atoms with E-state index in [1.165, 1.54) is 109 Å². The molecule has 52 heavy (non-hydrogen) atoms. The maximum absolute atomic E-state index is 12.9. The number of nitrogens with one attached hydrogen (secondary N) is 1. The van der Waals surface area contributed by atoms with E-state index in [1.807, 2.05) is 0 Å². The minimum Gasteiger partial charge on any atom is -0.394 e. The van der Waals surface area contributed by atoms with Crippen LogP contribution in [-0.4, -0.2) is 87.5 Å². The average molecular weight is 742 g/mol. The van der Waals surface area contributed by atoms with Gasteiger partial charge in [0.2, 0.25) is 5.91 Å². The van der Waals surface area contributed by atoms with Crippen molar-refractivity contribution < 1.29 is 39.8 Å². The number of aliphatic hydroxyl groups excluding tert-OH is 5. The SMILES string of the molecule is CCCC/C=C\CCCCCCCC(=O)NC(COC1OC(CO)C(O)C(O)C1O)C(O)CCCCCCCCCCCCCCCCCCCC. The Morgan fingerprint density at radius 1 is 0.635 bits per heavy atom. The Balaban J connectivity index is 2.33. The summed E-state index contributed by atoms with van der Waals surface area (Å²) in [7, 11) is 0. The number of ether oxygens (including phenoxy) is 2. The zero-order valence-electron chi connectivity index (χ0n) is 33.6. The summed E-state index contributed by atoms with van der Waals surface area (Å²) in [6.45, 7) is 3.79. The van der Waals surface area contributed by atoms with Crippen molar-refractivity contribution >= 4 is 5.91 Å². The number of carbonyl (C=O) groups excluding carboxylic acids is 1. The molecule has 1 rings (SSSR count). The molecule has 0 radical (unpaired) electrons. The number of aliphatic hydroxyl groups is 5. The number of hydrogen-bond acceptors (Lipinski definition) is 8. The molecule has 0 saturated carbocycles. The molecule has 0 aromatic carbocycles. The lowest BCUT2D eigenvalue weighted by Gasteiger charge is -2.40. The summed E-state index contributed by atoms with van der Waals surface area (Å²) in [5.41, 5.74) is 0. The minimum absolute atomic E-state index is 0.138. The van der Waals surface area contributed by atoms with Crippen molar-refractivity contribution in [1.82, 2.24) is 5.32 Å². The molecule has 1 saturated heterocycles. The van der Waals surface area contributed by atoms with E-state index in [0.29, 0.717) is 12.8 Å². The number of unbranched alkanes of at least 4 members (excludes halogenated alkanes) is 24. The Kier molecular flexibility index (Phi) is 32.4. The predicted molar refractivity (Wildman–Crippen MR) is 212 cm³/mol. The summed E-state index contributed by atoms with van der Waals surface area (Å²) in [5.74, 6) is -0.155. The van der Waals surface area contributed by atoms with Gasteiger partial charge in [-0.15, -0.1) is 0 Å². The summed E-state index contributed by atoms with van der Waals surface area (Å²) in [4.78, 5) is 12.9. The van der Waals surface area contributed by atoms with Gasteiger partial charge in [-0.1, -0.05) is 174 Å². The quantitative estimate of drug-likeness (QED) is 0.0277. The average Bonchev–Trinajstić information content (AvgIpc) is 3.14. The van der Waals surface area contributed by atoms with Crippen LogP contribution in [0.15, 0.2) is 12.2 Å². The zero-order valence-corrected chi connectivity index (χ0v) is 33.6. The van der Waals surface area contributed by atoms with Gasteiger partial charge in [-0.2, -0.15) is 0 Å². The van der Waals surface area contributed by atoms with E-state index in [-0.39, 0.29) is 12.5 Å². The molecule has 1 aliphatic rings.